The van der Waals surface area contributed by atoms with Crippen LogP contribution < -0.4 is 0 Å². The summed E-state index contributed by atoms with van der Waals surface area (Å²) in [6.45, 7) is 1.49. The molecule has 0 atom stereocenters. The van der Waals surface area contributed by atoms with Crippen LogP contribution in [0.25, 0.3) is 11.3 Å². The number of carbonyl (C=O) groups is 1. The topological polar surface area (TPSA) is 55.7 Å². The van der Waals surface area contributed by atoms with Gasteiger partial charge < -0.3 is 0 Å². The largest absolute Gasteiger partial charge is 0.293 e. The van der Waals surface area contributed by atoms with Gasteiger partial charge in [0.2, 0.25) is 0 Å². The van der Waals surface area contributed by atoms with Crippen LogP contribution in [0.4, 0.5) is 0 Å². The first-order valence-corrected chi connectivity index (χ1v) is 4.51. The van der Waals surface area contributed by atoms with Crippen LogP contribution in [0, 0.1) is 0 Å². The van der Waals surface area contributed by atoms with Gasteiger partial charge >= 0.3 is 0 Å². The van der Waals surface area contributed by atoms with Crippen molar-refractivity contribution in [2.75, 3.05) is 0 Å². The lowest BCUT2D eigenvalue weighted by atomic mass is 10.2. The first-order chi connectivity index (χ1) is 7.27. The molecule has 0 aliphatic rings. The SMILES string of the molecule is CC(=O)c1ccc(-c2cnccn2)cn1. The van der Waals surface area contributed by atoms with Crippen molar-refractivity contribution in [3.8, 4) is 11.3 Å². The molecule has 0 unspecified atom stereocenters. The molecule has 2 aromatic rings. The molecule has 0 saturated heterocycles. The summed E-state index contributed by atoms with van der Waals surface area (Å²) >= 11 is 0. The fourth-order valence-corrected chi connectivity index (χ4v) is 1.20. The van der Waals surface area contributed by atoms with Crippen molar-refractivity contribution in [2.24, 2.45) is 0 Å². The summed E-state index contributed by atoms with van der Waals surface area (Å²) in [4.78, 5) is 23.1. The summed E-state index contributed by atoms with van der Waals surface area (Å²) < 4.78 is 0. The van der Waals surface area contributed by atoms with E-state index in [1.165, 1.54) is 6.92 Å². The Balaban J connectivity index is 2.36. The molecule has 0 spiro atoms. The predicted octanol–water partition coefficient (Wildman–Crippen LogP) is 1.74. The van der Waals surface area contributed by atoms with Crippen molar-refractivity contribution in [3.63, 3.8) is 0 Å². The lowest BCUT2D eigenvalue weighted by Crippen LogP contribution is -1.96. The Morgan fingerprint density at radius 2 is 2.00 bits per heavy atom. The van der Waals surface area contributed by atoms with Crippen molar-refractivity contribution < 1.29 is 4.79 Å². The van der Waals surface area contributed by atoms with E-state index >= 15 is 0 Å². The van der Waals surface area contributed by atoms with Gasteiger partial charge in [-0.05, 0) is 12.1 Å². The second kappa shape index (κ2) is 3.96. The number of carbonyl (C=O) groups excluding carboxylic acids is 1. The average Bonchev–Trinajstić information content (AvgIpc) is 2.30. The van der Waals surface area contributed by atoms with Gasteiger partial charge in [0.05, 0.1) is 11.9 Å². The maximum absolute atomic E-state index is 11.0. The molecular weight excluding hydrogens is 190 g/mol. The molecule has 0 radical (unpaired) electrons. The molecule has 0 saturated carbocycles. The third kappa shape index (κ3) is 2.04. The smallest absolute Gasteiger partial charge is 0.178 e. The molecule has 0 N–H and O–H groups in total. The fourth-order valence-electron chi connectivity index (χ4n) is 1.20. The molecule has 0 bridgehead atoms. The Kier molecular flexibility index (Phi) is 2.49. The molecule has 2 rings (SSSR count). The number of rotatable bonds is 2. The minimum Gasteiger partial charge on any atom is -0.293 e. The molecule has 2 aromatic heterocycles. The molecule has 0 aliphatic carbocycles. The van der Waals surface area contributed by atoms with E-state index in [0.717, 1.165) is 11.3 Å². The van der Waals surface area contributed by atoms with E-state index in [1.807, 2.05) is 6.07 Å². The predicted molar refractivity (Wildman–Crippen MR) is 55.3 cm³/mol. The van der Waals surface area contributed by atoms with E-state index in [-0.39, 0.29) is 5.78 Å². The lowest BCUT2D eigenvalue weighted by molar-refractivity contribution is 0.101. The minimum atomic E-state index is -0.0410. The van der Waals surface area contributed by atoms with Crippen LogP contribution in [0.15, 0.2) is 36.9 Å². The zero-order valence-corrected chi connectivity index (χ0v) is 8.21. The number of aromatic nitrogens is 3. The number of hydrogen-bond donors (Lipinski definition) is 0. The number of nitrogens with zero attached hydrogens (tertiary/aromatic N) is 3. The van der Waals surface area contributed by atoms with Crippen LogP contribution in [0.5, 0.6) is 0 Å². The summed E-state index contributed by atoms with van der Waals surface area (Å²) in [7, 11) is 0. The lowest BCUT2D eigenvalue weighted by Gasteiger charge is -1.99. The summed E-state index contributed by atoms with van der Waals surface area (Å²) in [6, 6.07) is 3.50. The Labute approximate surface area is 87.0 Å². The molecule has 4 nitrogen and oxygen atoms in total. The highest BCUT2D eigenvalue weighted by Gasteiger charge is 2.02. The highest BCUT2D eigenvalue weighted by Crippen LogP contribution is 2.13. The third-order valence-corrected chi connectivity index (χ3v) is 1.98. The van der Waals surface area contributed by atoms with Crippen molar-refractivity contribution in [1.29, 1.82) is 0 Å². The number of Topliss-reactive ketones (excluding diaryl/α,β-unsaturated/α-hetero) is 1. The van der Waals surface area contributed by atoms with Crippen molar-refractivity contribution >= 4 is 5.78 Å². The van der Waals surface area contributed by atoms with Gasteiger partial charge in [-0.15, -0.1) is 0 Å². The van der Waals surface area contributed by atoms with E-state index in [0.29, 0.717) is 5.69 Å². The second-order valence-corrected chi connectivity index (χ2v) is 3.08. The molecule has 0 fully saturated rings. The van der Waals surface area contributed by atoms with E-state index in [4.69, 9.17) is 0 Å². The Morgan fingerprint density at radius 3 is 2.53 bits per heavy atom. The highest BCUT2D eigenvalue weighted by molar-refractivity contribution is 5.92. The Bertz CT molecular complexity index is 465. The Morgan fingerprint density at radius 1 is 1.13 bits per heavy atom. The molecule has 0 aromatic carbocycles. The van der Waals surface area contributed by atoms with E-state index in [2.05, 4.69) is 15.0 Å². The molecule has 4 heteroatoms. The molecule has 0 amide bonds. The normalized spacial score (nSPS) is 9.93. The van der Waals surface area contributed by atoms with Crippen LogP contribution >= 0.6 is 0 Å². The van der Waals surface area contributed by atoms with Gasteiger partial charge in [-0.1, -0.05) is 0 Å². The molecule has 0 aliphatic heterocycles. The summed E-state index contributed by atoms with van der Waals surface area (Å²) in [6.07, 6.45) is 6.51. The van der Waals surface area contributed by atoms with E-state index < -0.39 is 0 Å². The third-order valence-electron chi connectivity index (χ3n) is 1.98. The van der Waals surface area contributed by atoms with Gasteiger partial charge in [0, 0.05) is 31.1 Å². The Hall–Kier alpha value is -2.10. The van der Waals surface area contributed by atoms with Crippen LogP contribution in [-0.4, -0.2) is 20.7 Å². The first-order valence-electron chi connectivity index (χ1n) is 4.51. The maximum Gasteiger partial charge on any atom is 0.178 e. The van der Waals surface area contributed by atoms with Gasteiger partial charge in [0.1, 0.15) is 5.69 Å². The van der Waals surface area contributed by atoms with E-state index in [9.17, 15) is 4.79 Å². The fraction of sp³-hybridized carbons (Fsp3) is 0.0909. The number of pyridine rings is 1. The van der Waals surface area contributed by atoms with Gasteiger partial charge in [-0.3, -0.25) is 19.7 Å². The quantitative estimate of drug-likeness (QED) is 0.691. The van der Waals surface area contributed by atoms with Crippen molar-refractivity contribution in [2.45, 2.75) is 6.92 Å². The van der Waals surface area contributed by atoms with Gasteiger partial charge in [0.25, 0.3) is 0 Å². The van der Waals surface area contributed by atoms with Crippen LogP contribution in [0.1, 0.15) is 17.4 Å². The molecule has 74 valence electrons. The van der Waals surface area contributed by atoms with Crippen LogP contribution in [0.2, 0.25) is 0 Å². The summed E-state index contributed by atoms with van der Waals surface area (Å²) in [5, 5.41) is 0. The molecular formula is C11H9N3O. The standard InChI is InChI=1S/C11H9N3O/c1-8(15)10-3-2-9(6-14-10)11-7-12-4-5-13-11/h2-7H,1H3. The maximum atomic E-state index is 11.0. The van der Waals surface area contributed by atoms with Crippen LogP contribution in [-0.2, 0) is 0 Å². The van der Waals surface area contributed by atoms with Crippen molar-refractivity contribution in [3.05, 3.63) is 42.6 Å². The van der Waals surface area contributed by atoms with Gasteiger partial charge in [-0.25, -0.2) is 0 Å². The highest BCUT2D eigenvalue weighted by atomic mass is 16.1. The number of ketones is 1. The van der Waals surface area contributed by atoms with Gasteiger partial charge in [0.15, 0.2) is 5.78 Å². The first kappa shape index (κ1) is 9.45. The van der Waals surface area contributed by atoms with E-state index in [1.54, 1.807) is 30.9 Å². The zero-order valence-electron chi connectivity index (χ0n) is 8.21. The van der Waals surface area contributed by atoms with Gasteiger partial charge in [-0.2, -0.15) is 0 Å². The monoisotopic (exact) mass is 199 g/mol. The summed E-state index contributed by atoms with van der Waals surface area (Å²) in [5.41, 5.74) is 2.07. The summed E-state index contributed by atoms with van der Waals surface area (Å²) in [5.74, 6) is -0.0410. The average molecular weight is 199 g/mol. The van der Waals surface area contributed by atoms with Crippen molar-refractivity contribution in [1.82, 2.24) is 15.0 Å². The minimum absolute atomic E-state index is 0.0410. The zero-order chi connectivity index (χ0) is 10.7. The second-order valence-electron chi connectivity index (χ2n) is 3.08. The molecule has 15 heavy (non-hydrogen) atoms. The van der Waals surface area contributed by atoms with Crippen LogP contribution in [0.3, 0.4) is 0 Å². The molecule has 2 heterocycles. The number of hydrogen-bond acceptors (Lipinski definition) is 4.